The summed E-state index contributed by atoms with van der Waals surface area (Å²) in [6.45, 7) is 6.53. The maximum Gasteiger partial charge on any atom is 0.257 e. The highest BCUT2D eigenvalue weighted by molar-refractivity contribution is 6.05. The molecular weight excluding hydrogens is 338 g/mol. The third-order valence-corrected chi connectivity index (χ3v) is 4.32. The molecule has 0 atom stereocenters. The van der Waals surface area contributed by atoms with Crippen LogP contribution in [0.25, 0.3) is 0 Å². The van der Waals surface area contributed by atoms with Gasteiger partial charge in [-0.2, -0.15) is 0 Å². The molecule has 1 aromatic heterocycles. The van der Waals surface area contributed by atoms with Gasteiger partial charge < -0.3 is 15.4 Å². The Balaban J connectivity index is 1.79. The lowest BCUT2D eigenvalue weighted by atomic mass is 10.1. The van der Waals surface area contributed by atoms with E-state index in [2.05, 4.69) is 15.6 Å². The van der Waals surface area contributed by atoms with Gasteiger partial charge in [0.25, 0.3) is 5.91 Å². The summed E-state index contributed by atoms with van der Waals surface area (Å²) >= 11 is 0. The van der Waals surface area contributed by atoms with E-state index in [4.69, 9.17) is 4.74 Å². The number of anilines is 3. The van der Waals surface area contributed by atoms with Crippen LogP contribution in [0.5, 0.6) is 5.75 Å². The summed E-state index contributed by atoms with van der Waals surface area (Å²) in [4.78, 5) is 16.8. The van der Waals surface area contributed by atoms with Gasteiger partial charge in [0.05, 0.1) is 29.7 Å². The molecule has 0 saturated heterocycles. The average Bonchev–Trinajstić information content (AvgIpc) is 2.67. The number of para-hydroxylation sites is 2. The molecule has 3 aromatic rings. The minimum absolute atomic E-state index is 0.196. The fraction of sp³-hybridized carbons (Fsp3) is 0.182. The van der Waals surface area contributed by atoms with Gasteiger partial charge in [-0.25, -0.2) is 0 Å². The monoisotopic (exact) mass is 361 g/mol. The summed E-state index contributed by atoms with van der Waals surface area (Å²) in [6, 6.07) is 15.3. The van der Waals surface area contributed by atoms with Gasteiger partial charge in [-0.15, -0.1) is 0 Å². The van der Waals surface area contributed by atoms with E-state index in [1.165, 1.54) is 0 Å². The summed E-state index contributed by atoms with van der Waals surface area (Å²) < 4.78 is 5.63. The normalized spacial score (nSPS) is 10.3. The maximum absolute atomic E-state index is 12.6. The van der Waals surface area contributed by atoms with Crippen molar-refractivity contribution in [1.82, 2.24) is 4.98 Å². The maximum atomic E-state index is 12.6. The van der Waals surface area contributed by atoms with E-state index in [-0.39, 0.29) is 5.91 Å². The molecular formula is C22H23N3O2. The van der Waals surface area contributed by atoms with Crippen molar-refractivity contribution in [1.29, 1.82) is 0 Å². The molecule has 0 saturated carbocycles. The standard InChI is InChI=1S/C22H23N3O2/c1-4-27-21-11-6-5-9-20(21)24-18-12-17(13-23-14-18)22(26)25-19-10-7-8-15(2)16(19)3/h5-14,24H,4H2,1-3H3,(H,25,26). The molecule has 1 amide bonds. The van der Waals surface area contributed by atoms with Crippen LogP contribution in [-0.4, -0.2) is 17.5 Å². The van der Waals surface area contributed by atoms with Gasteiger partial charge in [-0.3, -0.25) is 9.78 Å². The first-order valence-corrected chi connectivity index (χ1v) is 8.90. The van der Waals surface area contributed by atoms with E-state index in [1.54, 1.807) is 18.5 Å². The van der Waals surface area contributed by atoms with Crippen LogP contribution in [0, 0.1) is 13.8 Å². The number of benzene rings is 2. The van der Waals surface area contributed by atoms with E-state index in [0.717, 1.165) is 33.9 Å². The molecule has 0 bridgehead atoms. The van der Waals surface area contributed by atoms with Crippen LogP contribution in [0.3, 0.4) is 0 Å². The summed E-state index contributed by atoms with van der Waals surface area (Å²) in [7, 11) is 0. The number of aryl methyl sites for hydroxylation is 1. The van der Waals surface area contributed by atoms with Crippen molar-refractivity contribution in [3.8, 4) is 5.75 Å². The Morgan fingerprint density at radius 2 is 1.81 bits per heavy atom. The molecule has 138 valence electrons. The van der Waals surface area contributed by atoms with Crippen molar-refractivity contribution in [2.24, 2.45) is 0 Å². The molecule has 0 radical (unpaired) electrons. The highest BCUT2D eigenvalue weighted by Gasteiger charge is 2.11. The van der Waals surface area contributed by atoms with Crippen molar-refractivity contribution in [2.45, 2.75) is 20.8 Å². The third-order valence-electron chi connectivity index (χ3n) is 4.32. The fourth-order valence-electron chi connectivity index (χ4n) is 2.72. The lowest BCUT2D eigenvalue weighted by molar-refractivity contribution is 0.102. The van der Waals surface area contributed by atoms with Crippen LogP contribution in [0.15, 0.2) is 60.9 Å². The Labute approximate surface area is 159 Å². The summed E-state index contributed by atoms with van der Waals surface area (Å²) in [5, 5.41) is 6.23. The highest BCUT2D eigenvalue weighted by Crippen LogP contribution is 2.27. The van der Waals surface area contributed by atoms with Crippen molar-refractivity contribution in [3.63, 3.8) is 0 Å². The third kappa shape index (κ3) is 4.44. The van der Waals surface area contributed by atoms with Gasteiger partial charge in [-0.05, 0) is 56.2 Å². The minimum atomic E-state index is -0.196. The molecule has 2 N–H and O–H groups in total. The van der Waals surface area contributed by atoms with Crippen LogP contribution in [-0.2, 0) is 0 Å². The predicted molar refractivity (Wildman–Crippen MR) is 109 cm³/mol. The second-order valence-corrected chi connectivity index (χ2v) is 6.22. The van der Waals surface area contributed by atoms with E-state index in [9.17, 15) is 4.79 Å². The second-order valence-electron chi connectivity index (χ2n) is 6.22. The Hall–Kier alpha value is -3.34. The Kier molecular flexibility index (Phi) is 5.71. The Bertz CT molecular complexity index is 954. The number of carbonyl (C=O) groups is 1. The minimum Gasteiger partial charge on any atom is -0.492 e. The molecule has 2 aromatic carbocycles. The Morgan fingerprint density at radius 1 is 1.04 bits per heavy atom. The second kappa shape index (κ2) is 8.36. The number of amides is 1. The predicted octanol–water partition coefficient (Wildman–Crippen LogP) is 5.09. The van der Waals surface area contributed by atoms with E-state index in [0.29, 0.717) is 12.2 Å². The van der Waals surface area contributed by atoms with Gasteiger partial charge in [0.2, 0.25) is 0 Å². The number of ether oxygens (including phenoxy) is 1. The average molecular weight is 361 g/mol. The number of hydrogen-bond donors (Lipinski definition) is 2. The van der Waals surface area contributed by atoms with Crippen LogP contribution in [0.2, 0.25) is 0 Å². The molecule has 0 fully saturated rings. The number of pyridine rings is 1. The first-order chi connectivity index (χ1) is 13.1. The molecule has 0 unspecified atom stereocenters. The first-order valence-electron chi connectivity index (χ1n) is 8.90. The van der Waals surface area contributed by atoms with Crippen molar-refractivity contribution >= 4 is 23.0 Å². The van der Waals surface area contributed by atoms with E-state index < -0.39 is 0 Å². The molecule has 1 heterocycles. The molecule has 0 aliphatic heterocycles. The van der Waals surface area contributed by atoms with Crippen LogP contribution >= 0.6 is 0 Å². The lowest BCUT2D eigenvalue weighted by Gasteiger charge is -2.13. The quantitative estimate of drug-likeness (QED) is 0.642. The van der Waals surface area contributed by atoms with Gasteiger partial charge in [0.15, 0.2) is 0 Å². The first kappa shape index (κ1) is 18.5. The number of aromatic nitrogens is 1. The fourth-order valence-corrected chi connectivity index (χ4v) is 2.72. The number of rotatable bonds is 6. The topological polar surface area (TPSA) is 63.2 Å². The molecule has 0 aliphatic carbocycles. The van der Waals surface area contributed by atoms with Crippen molar-refractivity contribution in [2.75, 3.05) is 17.2 Å². The van der Waals surface area contributed by atoms with E-state index in [1.807, 2.05) is 63.2 Å². The molecule has 0 spiro atoms. The number of nitrogens with zero attached hydrogens (tertiary/aromatic N) is 1. The van der Waals surface area contributed by atoms with Crippen LogP contribution in [0.1, 0.15) is 28.4 Å². The summed E-state index contributed by atoms with van der Waals surface area (Å²) in [6.07, 6.45) is 3.23. The zero-order chi connectivity index (χ0) is 19.2. The van der Waals surface area contributed by atoms with E-state index >= 15 is 0 Å². The van der Waals surface area contributed by atoms with Gasteiger partial charge >= 0.3 is 0 Å². The van der Waals surface area contributed by atoms with Crippen molar-refractivity contribution in [3.05, 3.63) is 77.6 Å². The molecule has 3 rings (SSSR count). The highest BCUT2D eigenvalue weighted by atomic mass is 16.5. The molecule has 27 heavy (non-hydrogen) atoms. The van der Waals surface area contributed by atoms with Gasteiger partial charge in [-0.1, -0.05) is 24.3 Å². The van der Waals surface area contributed by atoms with Gasteiger partial charge in [0, 0.05) is 11.9 Å². The lowest BCUT2D eigenvalue weighted by Crippen LogP contribution is -2.13. The Morgan fingerprint density at radius 3 is 2.63 bits per heavy atom. The molecule has 5 heteroatoms. The smallest absolute Gasteiger partial charge is 0.257 e. The van der Waals surface area contributed by atoms with Crippen LogP contribution < -0.4 is 15.4 Å². The SMILES string of the molecule is CCOc1ccccc1Nc1cncc(C(=O)Nc2cccc(C)c2C)c1. The summed E-state index contributed by atoms with van der Waals surface area (Å²) in [5.74, 6) is 0.559. The van der Waals surface area contributed by atoms with Crippen molar-refractivity contribution < 1.29 is 9.53 Å². The van der Waals surface area contributed by atoms with Gasteiger partial charge in [0.1, 0.15) is 5.75 Å². The summed E-state index contributed by atoms with van der Waals surface area (Å²) in [5.41, 5.74) is 5.02. The number of nitrogens with one attached hydrogen (secondary N) is 2. The zero-order valence-corrected chi connectivity index (χ0v) is 15.7. The molecule has 0 aliphatic rings. The van der Waals surface area contributed by atoms with Crippen LogP contribution in [0.4, 0.5) is 17.1 Å². The number of carbonyl (C=O) groups excluding carboxylic acids is 1. The molecule has 5 nitrogen and oxygen atoms in total. The number of hydrogen-bond acceptors (Lipinski definition) is 4. The zero-order valence-electron chi connectivity index (χ0n) is 15.7. The largest absolute Gasteiger partial charge is 0.492 e.